The number of rotatable bonds is 14. The van der Waals surface area contributed by atoms with Gasteiger partial charge in [0, 0.05) is 85.1 Å². The van der Waals surface area contributed by atoms with Crippen LogP contribution in [0.3, 0.4) is 0 Å². The summed E-state index contributed by atoms with van der Waals surface area (Å²) in [4.78, 5) is 30.6. The highest BCUT2D eigenvalue weighted by molar-refractivity contribution is 7.15. The van der Waals surface area contributed by atoms with Crippen molar-refractivity contribution in [1.82, 2.24) is 30.0 Å². The summed E-state index contributed by atoms with van der Waals surface area (Å²) < 4.78 is 11.8. The van der Waals surface area contributed by atoms with Crippen LogP contribution in [0.5, 0.6) is 11.5 Å². The van der Waals surface area contributed by atoms with Crippen LogP contribution in [0, 0.1) is 0 Å². The average molecular weight is 772 g/mol. The molecule has 4 aromatic rings. The number of fused-ring (bicyclic) bond motifs is 2. The number of aromatic nitrogens is 2. The van der Waals surface area contributed by atoms with Gasteiger partial charge in [-0.15, -0.1) is 22.7 Å². The van der Waals surface area contributed by atoms with Gasteiger partial charge in [-0.1, -0.05) is 0 Å². The van der Waals surface area contributed by atoms with Gasteiger partial charge in [0.05, 0.1) is 31.1 Å². The first-order valence-corrected chi connectivity index (χ1v) is 21.6. The van der Waals surface area contributed by atoms with Crippen molar-refractivity contribution in [2.45, 2.75) is 90.4 Å². The fourth-order valence-corrected chi connectivity index (χ4v) is 10.2. The summed E-state index contributed by atoms with van der Waals surface area (Å²) >= 11 is 3.52. The van der Waals surface area contributed by atoms with Crippen LogP contribution in [-0.4, -0.2) is 102 Å². The molecule has 12 heteroatoms. The molecule has 1 amide bonds. The van der Waals surface area contributed by atoms with Gasteiger partial charge in [-0.3, -0.25) is 9.69 Å². The Balaban J connectivity index is 0.000000168. The third-order valence-electron chi connectivity index (χ3n) is 11.1. The van der Waals surface area contributed by atoms with Crippen molar-refractivity contribution in [2.75, 3.05) is 59.0 Å². The van der Waals surface area contributed by atoms with Gasteiger partial charge in [-0.25, -0.2) is 9.97 Å². The summed E-state index contributed by atoms with van der Waals surface area (Å²) in [5.41, 5.74) is 10.1. The number of carbonyl (C=O) groups is 1. The molecule has 2 atom stereocenters. The molecule has 0 unspecified atom stereocenters. The van der Waals surface area contributed by atoms with E-state index in [1.807, 2.05) is 23.5 Å². The molecule has 0 aliphatic carbocycles. The lowest BCUT2D eigenvalue weighted by atomic mass is 10.1. The van der Waals surface area contributed by atoms with Crippen LogP contribution >= 0.6 is 22.7 Å². The smallest absolute Gasteiger partial charge is 0.231 e. The van der Waals surface area contributed by atoms with Crippen LogP contribution < -0.4 is 20.5 Å². The number of nitrogens with two attached hydrogens (primary N) is 1. The van der Waals surface area contributed by atoms with Crippen molar-refractivity contribution < 1.29 is 14.3 Å². The summed E-state index contributed by atoms with van der Waals surface area (Å²) in [5, 5.41) is 5.57. The topological polar surface area (TPSA) is 109 Å². The van der Waals surface area contributed by atoms with E-state index in [1.54, 1.807) is 11.3 Å². The molecule has 4 aliphatic heterocycles. The molecule has 290 valence electrons. The zero-order valence-corrected chi connectivity index (χ0v) is 33.7. The maximum Gasteiger partial charge on any atom is 0.231 e. The highest BCUT2D eigenvalue weighted by Gasteiger charge is 2.23. The molecular weight excluding hydrogens is 715 g/mol. The average Bonchev–Trinajstić information content (AvgIpc) is 3.99. The fourth-order valence-electron chi connectivity index (χ4n) is 7.93. The standard InChI is InChI=1S/C22H30N4O2S.C20H27N3OS/c1-16-4-2-10-26(16)11-3-13-28-18-7-5-17(6-8-18)22-24-19-9-12-25(15-21(23)27)14-20(19)29-22;1-15-4-2-11-23(15)12-3-13-24-17-7-5-16(6-8-17)20-22-18-9-10-21-14-19(18)25-20/h5-8,16H,2-4,9-15H2,1H3,(H2,23,27);5-8,15,21H,2-4,9-14H2,1H3/t16-;15-/m11/s1. The molecule has 3 N–H and O–H groups in total. The minimum atomic E-state index is -0.274. The third kappa shape index (κ3) is 10.5. The van der Waals surface area contributed by atoms with E-state index in [0.717, 1.165) is 123 Å². The van der Waals surface area contributed by atoms with Crippen molar-refractivity contribution in [3.8, 4) is 32.6 Å². The minimum absolute atomic E-state index is 0.274. The lowest BCUT2D eigenvalue weighted by Crippen LogP contribution is -2.37. The molecule has 2 aromatic carbocycles. The third-order valence-corrected chi connectivity index (χ3v) is 13.4. The van der Waals surface area contributed by atoms with Crippen molar-refractivity contribution >= 4 is 28.6 Å². The van der Waals surface area contributed by atoms with Crippen LogP contribution in [0.15, 0.2) is 48.5 Å². The number of nitrogens with zero attached hydrogens (tertiary/aromatic N) is 5. The Morgan fingerprint density at radius 2 is 1.31 bits per heavy atom. The number of benzene rings is 2. The Bertz CT molecular complexity index is 1770. The number of carbonyl (C=O) groups excluding carboxylic acids is 1. The number of ether oxygens (including phenoxy) is 2. The van der Waals surface area contributed by atoms with Crippen molar-refractivity contribution in [3.05, 3.63) is 69.7 Å². The molecule has 0 radical (unpaired) electrons. The van der Waals surface area contributed by atoms with Gasteiger partial charge >= 0.3 is 0 Å². The van der Waals surface area contributed by atoms with Crippen LogP contribution in [0.1, 0.15) is 73.5 Å². The van der Waals surface area contributed by atoms with E-state index >= 15 is 0 Å². The van der Waals surface area contributed by atoms with Gasteiger partial charge in [0.2, 0.25) is 5.91 Å². The molecule has 0 saturated carbocycles. The minimum Gasteiger partial charge on any atom is -0.494 e. The molecule has 6 heterocycles. The van der Waals surface area contributed by atoms with Gasteiger partial charge in [0.25, 0.3) is 0 Å². The zero-order chi connectivity index (χ0) is 37.3. The quantitative estimate of drug-likeness (QED) is 0.137. The summed E-state index contributed by atoms with van der Waals surface area (Å²) in [6, 6.07) is 18.1. The summed E-state index contributed by atoms with van der Waals surface area (Å²) in [5.74, 6) is 1.60. The summed E-state index contributed by atoms with van der Waals surface area (Å²) in [7, 11) is 0. The molecule has 2 saturated heterocycles. The van der Waals surface area contributed by atoms with E-state index in [9.17, 15) is 4.79 Å². The monoisotopic (exact) mass is 771 g/mol. The van der Waals surface area contributed by atoms with E-state index in [-0.39, 0.29) is 5.91 Å². The first-order valence-electron chi connectivity index (χ1n) is 20.0. The molecule has 0 spiro atoms. The van der Waals surface area contributed by atoms with Crippen LogP contribution in [0.2, 0.25) is 0 Å². The predicted octanol–water partition coefficient (Wildman–Crippen LogP) is 6.62. The van der Waals surface area contributed by atoms with Gasteiger partial charge in [0.1, 0.15) is 21.5 Å². The second kappa shape index (κ2) is 19.0. The number of primary amides is 1. The van der Waals surface area contributed by atoms with Gasteiger partial charge in [-0.05, 0) is 114 Å². The molecule has 2 fully saturated rings. The zero-order valence-electron chi connectivity index (χ0n) is 32.1. The van der Waals surface area contributed by atoms with E-state index in [4.69, 9.17) is 25.2 Å². The lowest BCUT2D eigenvalue weighted by molar-refractivity contribution is -0.119. The second-order valence-corrected chi connectivity index (χ2v) is 17.3. The van der Waals surface area contributed by atoms with Crippen LogP contribution in [0.4, 0.5) is 0 Å². The van der Waals surface area contributed by atoms with Crippen LogP contribution in [0.25, 0.3) is 21.1 Å². The Morgan fingerprint density at radius 1 is 0.778 bits per heavy atom. The van der Waals surface area contributed by atoms with E-state index < -0.39 is 0 Å². The maximum absolute atomic E-state index is 11.2. The Hall–Kier alpha value is -3.39. The Labute approximate surface area is 329 Å². The number of hydrogen-bond donors (Lipinski definition) is 2. The number of hydrogen-bond acceptors (Lipinski definition) is 11. The van der Waals surface area contributed by atoms with Crippen LogP contribution in [-0.2, 0) is 30.7 Å². The van der Waals surface area contributed by atoms with Gasteiger partial charge in [0.15, 0.2) is 0 Å². The van der Waals surface area contributed by atoms with E-state index in [2.05, 4.69) is 70.3 Å². The van der Waals surface area contributed by atoms with Gasteiger partial charge in [-0.2, -0.15) is 0 Å². The Kier molecular flexibility index (Phi) is 13.7. The van der Waals surface area contributed by atoms with Crippen molar-refractivity contribution in [3.63, 3.8) is 0 Å². The number of amides is 1. The summed E-state index contributed by atoms with van der Waals surface area (Å²) in [6.45, 7) is 14.9. The number of thiazole rings is 2. The molecular formula is C42H57N7O3S2. The maximum atomic E-state index is 11.2. The van der Waals surface area contributed by atoms with Gasteiger partial charge < -0.3 is 30.3 Å². The second-order valence-electron chi connectivity index (χ2n) is 15.1. The van der Waals surface area contributed by atoms with Crippen molar-refractivity contribution in [2.24, 2.45) is 5.73 Å². The molecule has 8 rings (SSSR count). The fraction of sp³-hybridized carbons (Fsp3) is 0.548. The Morgan fingerprint density at radius 3 is 1.81 bits per heavy atom. The first-order chi connectivity index (χ1) is 26.4. The molecule has 0 bridgehead atoms. The van der Waals surface area contributed by atoms with E-state index in [1.165, 1.54) is 59.8 Å². The van der Waals surface area contributed by atoms with E-state index in [0.29, 0.717) is 6.54 Å². The number of nitrogens with one attached hydrogen (secondary N) is 1. The molecule has 4 aliphatic rings. The largest absolute Gasteiger partial charge is 0.494 e. The summed E-state index contributed by atoms with van der Waals surface area (Å²) in [6.07, 6.45) is 9.42. The van der Waals surface area contributed by atoms with Crippen molar-refractivity contribution in [1.29, 1.82) is 0 Å². The predicted molar refractivity (Wildman–Crippen MR) is 219 cm³/mol. The molecule has 10 nitrogen and oxygen atoms in total. The first kappa shape index (κ1) is 38.9. The lowest BCUT2D eigenvalue weighted by Gasteiger charge is -2.24. The normalized spacial score (nSPS) is 20.3. The molecule has 2 aromatic heterocycles. The SMILES string of the molecule is C[C@@H]1CCCN1CCCOc1ccc(-c2nc3c(s2)CN(CC(N)=O)CC3)cc1.C[C@@H]1CCCN1CCCOc1ccc(-c2nc3c(s2)CNCC3)cc1. The highest BCUT2D eigenvalue weighted by Crippen LogP contribution is 2.33. The number of likely N-dealkylation sites (tertiary alicyclic amines) is 2. The molecule has 54 heavy (non-hydrogen) atoms. The highest BCUT2D eigenvalue weighted by atomic mass is 32.1.